The fourth-order valence-electron chi connectivity index (χ4n) is 2.01. The maximum Gasteiger partial charge on any atom is 0.161 e. The molecule has 0 saturated heterocycles. The van der Waals surface area contributed by atoms with Gasteiger partial charge < -0.3 is 14.8 Å². The van der Waals surface area contributed by atoms with Crippen LogP contribution >= 0.6 is 11.3 Å². The van der Waals surface area contributed by atoms with E-state index in [0.29, 0.717) is 6.61 Å². The SMILES string of the molecule is Cc1ncsc1CNCC1COc2ccccc2O1. The number of nitrogens with one attached hydrogen (secondary N) is 1. The maximum absolute atomic E-state index is 5.88. The van der Waals surface area contributed by atoms with Crippen molar-refractivity contribution in [1.29, 1.82) is 0 Å². The Balaban J connectivity index is 1.51. The number of hydrogen-bond acceptors (Lipinski definition) is 5. The van der Waals surface area contributed by atoms with Crippen molar-refractivity contribution in [3.63, 3.8) is 0 Å². The highest BCUT2D eigenvalue weighted by Crippen LogP contribution is 2.30. The van der Waals surface area contributed by atoms with Crippen molar-refractivity contribution in [1.82, 2.24) is 10.3 Å². The lowest BCUT2D eigenvalue weighted by molar-refractivity contribution is 0.0902. The van der Waals surface area contributed by atoms with Crippen LogP contribution < -0.4 is 14.8 Å². The lowest BCUT2D eigenvalue weighted by atomic mass is 10.2. The molecule has 1 unspecified atom stereocenters. The highest BCUT2D eigenvalue weighted by molar-refractivity contribution is 7.09. The molecule has 1 aromatic carbocycles. The van der Waals surface area contributed by atoms with Crippen LogP contribution in [0.5, 0.6) is 11.5 Å². The average Bonchev–Trinajstić information content (AvgIpc) is 2.84. The van der Waals surface area contributed by atoms with Gasteiger partial charge in [-0.3, -0.25) is 0 Å². The van der Waals surface area contributed by atoms with Crippen molar-refractivity contribution in [2.75, 3.05) is 13.2 Å². The standard InChI is InChI=1S/C14H16N2O2S/c1-10-14(19-9-16-10)7-15-6-11-8-17-12-4-2-3-5-13(12)18-11/h2-5,9,11,15H,6-8H2,1H3. The summed E-state index contributed by atoms with van der Waals surface area (Å²) in [5.74, 6) is 1.66. The lowest BCUT2D eigenvalue weighted by Crippen LogP contribution is -2.38. The van der Waals surface area contributed by atoms with Crippen LogP contribution in [0, 0.1) is 6.92 Å². The minimum absolute atomic E-state index is 0.0585. The van der Waals surface area contributed by atoms with Gasteiger partial charge in [0, 0.05) is 18.0 Å². The molecule has 5 heteroatoms. The molecule has 19 heavy (non-hydrogen) atoms. The molecule has 1 aliphatic rings. The van der Waals surface area contributed by atoms with Gasteiger partial charge in [-0.15, -0.1) is 11.3 Å². The summed E-state index contributed by atoms with van der Waals surface area (Å²) in [5.41, 5.74) is 2.98. The molecule has 1 aromatic heterocycles. The van der Waals surface area contributed by atoms with Crippen molar-refractivity contribution < 1.29 is 9.47 Å². The quantitative estimate of drug-likeness (QED) is 0.931. The summed E-state index contributed by atoms with van der Waals surface area (Å²) in [4.78, 5) is 5.51. The summed E-state index contributed by atoms with van der Waals surface area (Å²) >= 11 is 1.68. The van der Waals surface area contributed by atoms with Crippen LogP contribution in [0.25, 0.3) is 0 Å². The minimum atomic E-state index is 0.0585. The van der Waals surface area contributed by atoms with Crippen molar-refractivity contribution in [2.45, 2.75) is 19.6 Å². The smallest absolute Gasteiger partial charge is 0.161 e. The van der Waals surface area contributed by atoms with Crippen molar-refractivity contribution in [2.24, 2.45) is 0 Å². The number of aryl methyl sites for hydroxylation is 1. The monoisotopic (exact) mass is 276 g/mol. The lowest BCUT2D eigenvalue weighted by Gasteiger charge is -2.26. The summed E-state index contributed by atoms with van der Waals surface area (Å²) in [5, 5.41) is 3.39. The van der Waals surface area contributed by atoms with Gasteiger partial charge in [0.25, 0.3) is 0 Å². The van der Waals surface area contributed by atoms with E-state index in [4.69, 9.17) is 9.47 Å². The Bertz CT molecular complexity index is 556. The molecule has 0 spiro atoms. The third-order valence-electron chi connectivity index (χ3n) is 3.07. The predicted octanol–water partition coefficient (Wildman–Crippen LogP) is 2.38. The molecule has 1 aliphatic heterocycles. The summed E-state index contributed by atoms with van der Waals surface area (Å²) < 4.78 is 11.6. The van der Waals surface area contributed by atoms with Crippen molar-refractivity contribution in [3.05, 3.63) is 40.3 Å². The first-order chi connectivity index (χ1) is 9.33. The maximum atomic E-state index is 5.88. The molecular formula is C14H16N2O2S. The second-order valence-corrected chi connectivity index (χ2v) is 5.43. The van der Waals surface area contributed by atoms with E-state index in [-0.39, 0.29) is 6.10 Å². The highest BCUT2D eigenvalue weighted by atomic mass is 32.1. The topological polar surface area (TPSA) is 43.4 Å². The number of rotatable bonds is 4. The van der Waals surface area contributed by atoms with Crippen LogP contribution in [-0.4, -0.2) is 24.2 Å². The summed E-state index contributed by atoms with van der Waals surface area (Å²) in [6.07, 6.45) is 0.0585. The summed E-state index contributed by atoms with van der Waals surface area (Å²) in [6, 6.07) is 7.78. The normalized spacial score (nSPS) is 17.4. The van der Waals surface area contributed by atoms with Crippen molar-refractivity contribution in [3.8, 4) is 11.5 Å². The number of thiazole rings is 1. The number of para-hydroxylation sites is 2. The minimum Gasteiger partial charge on any atom is -0.486 e. The van der Waals surface area contributed by atoms with E-state index >= 15 is 0 Å². The first-order valence-electron chi connectivity index (χ1n) is 6.31. The van der Waals surface area contributed by atoms with E-state index < -0.39 is 0 Å². The van der Waals surface area contributed by atoms with E-state index in [1.807, 2.05) is 36.7 Å². The number of benzene rings is 1. The third kappa shape index (κ3) is 2.88. The summed E-state index contributed by atoms with van der Waals surface area (Å²) in [6.45, 7) is 4.22. The molecule has 4 nitrogen and oxygen atoms in total. The van der Waals surface area contributed by atoms with Gasteiger partial charge in [0.05, 0.1) is 11.2 Å². The van der Waals surface area contributed by atoms with Gasteiger partial charge in [-0.2, -0.15) is 0 Å². The van der Waals surface area contributed by atoms with Gasteiger partial charge in [-0.05, 0) is 19.1 Å². The van der Waals surface area contributed by atoms with Crippen molar-refractivity contribution >= 4 is 11.3 Å². The predicted molar refractivity (Wildman–Crippen MR) is 74.9 cm³/mol. The second kappa shape index (κ2) is 5.59. The number of ether oxygens (including phenoxy) is 2. The van der Waals surface area contributed by atoms with E-state index in [9.17, 15) is 0 Å². The van der Waals surface area contributed by atoms with Gasteiger partial charge in [-0.1, -0.05) is 12.1 Å². The molecule has 0 amide bonds. The van der Waals surface area contributed by atoms with E-state index in [2.05, 4.69) is 10.3 Å². The van der Waals surface area contributed by atoms with Gasteiger partial charge in [-0.25, -0.2) is 4.98 Å². The Morgan fingerprint density at radius 2 is 2.21 bits per heavy atom. The molecule has 0 fully saturated rings. The van der Waals surface area contributed by atoms with E-state index in [1.54, 1.807) is 11.3 Å². The van der Waals surface area contributed by atoms with Crippen LogP contribution in [0.2, 0.25) is 0 Å². The van der Waals surface area contributed by atoms with Gasteiger partial charge in [0.15, 0.2) is 11.5 Å². The number of hydrogen-bond donors (Lipinski definition) is 1. The zero-order valence-corrected chi connectivity index (χ0v) is 11.6. The Kier molecular flexibility index (Phi) is 3.66. The molecule has 0 radical (unpaired) electrons. The second-order valence-electron chi connectivity index (χ2n) is 4.49. The molecule has 2 heterocycles. The number of nitrogens with zero attached hydrogens (tertiary/aromatic N) is 1. The number of fused-ring (bicyclic) bond motifs is 1. The highest BCUT2D eigenvalue weighted by Gasteiger charge is 2.20. The zero-order chi connectivity index (χ0) is 13.1. The molecular weight excluding hydrogens is 260 g/mol. The molecule has 1 N–H and O–H groups in total. The fourth-order valence-corrected chi connectivity index (χ4v) is 2.75. The Labute approximate surface area is 116 Å². The molecule has 0 saturated carbocycles. The van der Waals surface area contributed by atoms with Gasteiger partial charge in [0.1, 0.15) is 12.7 Å². The number of aromatic nitrogens is 1. The first-order valence-corrected chi connectivity index (χ1v) is 7.19. The van der Waals surface area contributed by atoms with Crippen LogP contribution in [0.1, 0.15) is 10.6 Å². The molecule has 0 aliphatic carbocycles. The zero-order valence-electron chi connectivity index (χ0n) is 10.8. The van der Waals surface area contributed by atoms with Gasteiger partial charge in [0.2, 0.25) is 0 Å². The molecule has 3 rings (SSSR count). The molecule has 0 bridgehead atoms. The largest absolute Gasteiger partial charge is 0.486 e. The summed E-state index contributed by atoms with van der Waals surface area (Å²) in [7, 11) is 0. The Hall–Kier alpha value is -1.59. The molecule has 1 atom stereocenters. The molecule has 100 valence electrons. The van der Waals surface area contributed by atoms with E-state index in [0.717, 1.165) is 30.3 Å². The van der Waals surface area contributed by atoms with Crippen LogP contribution in [0.15, 0.2) is 29.8 Å². The van der Waals surface area contributed by atoms with Crippen LogP contribution in [0.3, 0.4) is 0 Å². The average molecular weight is 276 g/mol. The van der Waals surface area contributed by atoms with Gasteiger partial charge >= 0.3 is 0 Å². The van der Waals surface area contributed by atoms with Crippen LogP contribution in [-0.2, 0) is 6.54 Å². The van der Waals surface area contributed by atoms with Crippen LogP contribution in [0.4, 0.5) is 0 Å². The Morgan fingerprint density at radius 3 is 3.00 bits per heavy atom. The Morgan fingerprint density at radius 1 is 1.37 bits per heavy atom. The van der Waals surface area contributed by atoms with E-state index in [1.165, 1.54) is 4.88 Å². The first kappa shape index (κ1) is 12.4. The molecule has 2 aromatic rings. The third-order valence-corrected chi connectivity index (χ3v) is 4.01. The fraction of sp³-hybridized carbons (Fsp3) is 0.357.